The SMILES string of the molecule is O=C(Cc1cccc(O)c1)Nc1nnns1. The van der Waals surface area contributed by atoms with Crippen LogP contribution in [-0.2, 0) is 11.2 Å². The minimum absolute atomic E-state index is 0.142. The second kappa shape index (κ2) is 4.67. The first-order valence-corrected chi connectivity index (χ1v) is 5.24. The van der Waals surface area contributed by atoms with E-state index in [1.54, 1.807) is 18.2 Å². The molecule has 2 rings (SSSR count). The molecule has 0 aliphatic heterocycles. The lowest BCUT2D eigenvalue weighted by Gasteiger charge is -2.01. The van der Waals surface area contributed by atoms with Crippen LogP contribution in [0.15, 0.2) is 24.3 Å². The molecule has 1 heterocycles. The Morgan fingerprint density at radius 2 is 2.38 bits per heavy atom. The Morgan fingerprint density at radius 1 is 1.50 bits per heavy atom. The van der Waals surface area contributed by atoms with Gasteiger partial charge in [-0.3, -0.25) is 10.1 Å². The third-order valence-corrected chi connectivity index (χ3v) is 2.33. The number of benzene rings is 1. The number of carbonyl (C=O) groups is 1. The lowest BCUT2D eigenvalue weighted by atomic mass is 10.1. The Hall–Kier alpha value is -2.02. The van der Waals surface area contributed by atoms with Crippen molar-refractivity contribution in [1.82, 2.24) is 14.8 Å². The Balaban J connectivity index is 1.97. The summed E-state index contributed by atoms with van der Waals surface area (Å²) in [4.78, 5) is 11.5. The van der Waals surface area contributed by atoms with Crippen LogP contribution in [0.5, 0.6) is 5.75 Å². The van der Waals surface area contributed by atoms with Crippen molar-refractivity contribution >= 4 is 22.6 Å². The zero-order chi connectivity index (χ0) is 11.4. The molecule has 0 aliphatic rings. The standard InChI is InChI=1S/C9H8N4O2S/c14-7-3-1-2-6(4-7)5-8(15)10-9-11-12-13-16-9/h1-4,14H,5H2,(H,10,11,13,15). The van der Waals surface area contributed by atoms with Gasteiger partial charge in [0, 0.05) is 11.5 Å². The molecular formula is C9H8N4O2S. The molecule has 82 valence electrons. The van der Waals surface area contributed by atoms with Gasteiger partial charge in [0.05, 0.1) is 6.42 Å². The van der Waals surface area contributed by atoms with E-state index in [2.05, 4.69) is 20.1 Å². The molecule has 2 N–H and O–H groups in total. The Labute approximate surface area is 95.1 Å². The van der Waals surface area contributed by atoms with E-state index in [1.165, 1.54) is 6.07 Å². The second-order valence-electron chi connectivity index (χ2n) is 3.06. The van der Waals surface area contributed by atoms with Crippen LogP contribution in [0.2, 0.25) is 0 Å². The van der Waals surface area contributed by atoms with Gasteiger partial charge in [-0.15, -0.1) is 0 Å². The van der Waals surface area contributed by atoms with Crippen LogP contribution in [0, 0.1) is 0 Å². The van der Waals surface area contributed by atoms with Gasteiger partial charge in [-0.1, -0.05) is 21.7 Å². The molecule has 0 radical (unpaired) electrons. The van der Waals surface area contributed by atoms with Crippen LogP contribution in [-0.4, -0.2) is 25.8 Å². The van der Waals surface area contributed by atoms with E-state index in [9.17, 15) is 9.90 Å². The summed E-state index contributed by atoms with van der Waals surface area (Å²) in [6, 6.07) is 6.54. The molecular weight excluding hydrogens is 228 g/mol. The number of rotatable bonds is 3. The number of hydrogen-bond donors (Lipinski definition) is 2. The molecule has 6 nitrogen and oxygen atoms in total. The monoisotopic (exact) mass is 236 g/mol. The molecule has 16 heavy (non-hydrogen) atoms. The van der Waals surface area contributed by atoms with Gasteiger partial charge in [-0.05, 0) is 22.9 Å². The van der Waals surface area contributed by atoms with Gasteiger partial charge in [0.2, 0.25) is 11.0 Å². The second-order valence-corrected chi connectivity index (χ2v) is 3.79. The fourth-order valence-electron chi connectivity index (χ4n) is 1.20. The van der Waals surface area contributed by atoms with Crippen molar-refractivity contribution in [3.05, 3.63) is 29.8 Å². The molecule has 7 heteroatoms. The van der Waals surface area contributed by atoms with Gasteiger partial charge in [0.25, 0.3) is 0 Å². The molecule has 0 saturated heterocycles. The molecule has 0 saturated carbocycles. The number of nitrogens with zero attached hydrogens (tertiary/aromatic N) is 3. The zero-order valence-corrected chi connectivity index (χ0v) is 8.94. The molecule has 0 bridgehead atoms. The summed E-state index contributed by atoms with van der Waals surface area (Å²) in [6.07, 6.45) is 0.175. The van der Waals surface area contributed by atoms with E-state index in [0.717, 1.165) is 17.1 Å². The Kier molecular flexibility index (Phi) is 3.06. The van der Waals surface area contributed by atoms with E-state index in [0.29, 0.717) is 5.13 Å². The van der Waals surface area contributed by atoms with Gasteiger partial charge in [0.15, 0.2) is 0 Å². The maximum absolute atomic E-state index is 11.5. The fraction of sp³-hybridized carbons (Fsp3) is 0.111. The zero-order valence-electron chi connectivity index (χ0n) is 8.12. The maximum Gasteiger partial charge on any atom is 0.231 e. The summed E-state index contributed by atoms with van der Waals surface area (Å²) in [7, 11) is 0. The maximum atomic E-state index is 11.5. The van der Waals surface area contributed by atoms with Gasteiger partial charge >= 0.3 is 0 Å². The van der Waals surface area contributed by atoms with Crippen molar-refractivity contribution in [3.63, 3.8) is 0 Å². The van der Waals surface area contributed by atoms with Crippen LogP contribution in [0.1, 0.15) is 5.56 Å². The third kappa shape index (κ3) is 2.74. The summed E-state index contributed by atoms with van der Waals surface area (Å²) >= 11 is 1.01. The number of carbonyl (C=O) groups excluding carboxylic acids is 1. The summed E-state index contributed by atoms with van der Waals surface area (Å²) in [5, 5.41) is 19.1. The first kappa shape index (κ1) is 10.5. The number of phenolic OH excluding ortho intramolecular Hbond substituents is 1. The molecule has 2 aromatic rings. The predicted octanol–water partition coefficient (Wildman–Crippen LogP) is 0.820. The summed E-state index contributed by atoms with van der Waals surface area (Å²) in [6.45, 7) is 0. The summed E-state index contributed by atoms with van der Waals surface area (Å²) in [5.74, 6) is -0.0768. The van der Waals surface area contributed by atoms with Crippen LogP contribution < -0.4 is 5.32 Å². The molecule has 0 fully saturated rings. The quantitative estimate of drug-likeness (QED) is 0.823. The van der Waals surface area contributed by atoms with E-state index >= 15 is 0 Å². The minimum atomic E-state index is -0.218. The van der Waals surface area contributed by atoms with Crippen LogP contribution in [0.25, 0.3) is 0 Å². The van der Waals surface area contributed by atoms with Gasteiger partial charge in [-0.2, -0.15) is 0 Å². The number of anilines is 1. The van der Waals surface area contributed by atoms with Crippen LogP contribution >= 0.6 is 11.5 Å². The first-order chi connectivity index (χ1) is 7.74. The van der Waals surface area contributed by atoms with E-state index in [-0.39, 0.29) is 18.1 Å². The number of amides is 1. The van der Waals surface area contributed by atoms with Crippen molar-refractivity contribution in [2.45, 2.75) is 6.42 Å². The van der Waals surface area contributed by atoms with Gasteiger partial charge in [0.1, 0.15) is 5.75 Å². The van der Waals surface area contributed by atoms with Crippen LogP contribution in [0.4, 0.5) is 5.13 Å². The fourth-order valence-corrected chi connectivity index (χ4v) is 1.58. The minimum Gasteiger partial charge on any atom is -0.508 e. The van der Waals surface area contributed by atoms with E-state index in [1.807, 2.05) is 0 Å². The molecule has 0 spiro atoms. The van der Waals surface area contributed by atoms with Gasteiger partial charge < -0.3 is 5.11 Å². The first-order valence-electron chi connectivity index (χ1n) is 4.47. The number of hydrogen-bond acceptors (Lipinski definition) is 6. The lowest BCUT2D eigenvalue weighted by molar-refractivity contribution is -0.115. The highest BCUT2D eigenvalue weighted by atomic mass is 32.1. The highest BCUT2D eigenvalue weighted by molar-refractivity contribution is 7.09. The highest BCUT2D eigenvalue weighted by Gasteiger charge is 2.06. The normalized spacial score (nSPS) is 10.0. The molecule has 0 atom stereocenters. The average molecular weight is 236 g/mol. The number of aromatic nitrogens is 3. The topological polar surface area (TPSA) is 88.0 Å². The van der Waals surface area contributed by atoms with Crippen molar-refractivity contribution in [3.8, 4) is 5.75 Å². The molecule has 1 amide bonds. The highest BCUT2D eigenvalue weighted by Crippen LogP contribution is 2.12. The lowest BCUT2D eigenvalue weighted by Crippen LogP contribution is -2.14. The number of nitrogens with one attached hydrogen (secondary N) is 1. The molecule has 0 unspecified atom stereocenters. The summed E-state index contributed by atoms with van der Waals surface area (Å²) < 4.78 is 3.52. The van der Waals surface area contributed by atoms with Crippen molar-refractivity contribution < 1.29 is 9.90 Å². The molecule has 1 aromatic carbocycles. The van der Waals surface area contributed by atoms with Crippen molar-refractivity contribution in [2.24, 2.45) is 0 Å². The van der Waals surface area contributed by atoms with Crippen LogP contribution in [0.3, 0.4) is 0 Å². The Morgan fingerprint density at radius 3 is 3.06 bits per heavy atom. The van der Waals surface area contributed by atoms with Crippen molar-refractivity contribution in [2.75, 3.05) is 5.32 Å². The summed E-state index contributed by atoms with van der Waals surface area (Å²) in [5.41, 5.74) is 0.731. The van der Waals surface area contributed by atoms with E-state index in [4.69, 9.17) is 0 Å². The third-order valence-electron chi connectivity index (χ3n) is 1.82. The van der Waals surface area contributed by atoms with Gasteiger partial charge in [-0.25, -0.2) is 0 Å². The molecule has 0 aliphatic carbocycles. The molecule has 1 aromatic heterocycles. The van der Waals surface area contributed by atoms with E-state index < -0.39 is 0 Å². The Bertz CT molecular complexity index is 486. The predicted molar refractivity (Wildman–Crippen MR) is 58.1 cm³/mol. The van der Waals surface area contributed by atoms with Crippen molar-refractivity contribution in [1.29, 1.82) is 0 Å². The smallest absolute Gasteiger partial charge is 0.231 e. The number of phenols is 1. The number of aromatic hydroxyl groups is 1. The largest absolute Gasteiger partial charge is 0.508 e. The average Bonchev–Trinajstić information content (AvgIpc) is 2.70.